The van der Waals surface area contributed by atoms with E-state index in [-0.39, 0.29) is 5.41 Å². The number of halogens is 1. The molecule has 118 valence electrons. The second kappa shape index (κ2) is 6.42. The van der Waals surface area contributed by atoms with E-state index >= 15 is 0 Å². The molecule has 0 amide bonds. The first-order chi connectivity index (χ1) is 9.93. The molecule has 5 heteroatoms. The molecule has 0 aromatic heterocycles. The van der Waals surface area contributed by atoms with Crippen LogP contribution in [0.25, 0.3) is 0 Å². The molecular formula is C16H24ClNO3. The quantitative estimate of drug-likeness (QED) is 0.875. The van der Waals surface area contributed by atoms with Crippen molar-refractivity contribution < 1.29 is 14.2 Å². The van der Waals surface area contributed by atoms with E-state index in [1.807, 2.05) is 12.1 Å². The number of methoxy groups -OCH3 is 3. The van der Waals surface area contributed by atoms with E-state index in [0.717, 1.165) is 18.5 Å². The Hall–Kier alpha value is -0.970. The van der Waals surface area contributed by atoms with Gasteiger partial charge in [-0.05, 0) is 24.1 Å². The van der Waals surface area contributed by atoms with Crippen molar-refractivity contribution in [3.05, 3.63) is 22.7 Å². The predicted octanol–water partition coefficient (Wildman–Crippen LogP) is 3.26. The second-order valence-corrected chi connectivity index (χ2v) is 6.44. The summed E-state index contributed by atoms with van der Waals surface area (Å²) in [7, 11) is 4.98. The summed E-state index contributed by atoms with van der Waals surface area (Å²) in [5.41, 5.74) is 1.23. The first-order valence-electron chi connectivity index (χ1n) is 7.10. The van der Waals surface area contributed by atoms with Crippen LogP contribution < -0.4 is 14.8 Å². The zero-order valence-corrected chi connectivity index (χ0v) is 14.1. The molecule has 1 aliphatic carbocycles. The third-order valence-corrected chi connectivity index (χ3v) is 4.79. The topological polar surface area (TPSA) is 39.7 Å². The van der Waals surface area contributed by atoms with E-state index in [1.54, 1.807) is 21.3 Å². The van der Waals surface area contributed by atoms with Crippen LogP contribution in [0.1, 0.15) is 25.8 Å². The molecule has 2 unspecified atom stereocenters. The van der Waals surface area contributed by atoms with Gasteiger partial charge in [0.25, 0.3) is 0 Å². The Morgan fingerprint density at radius 3 is 2.48 bits per heavy atom. The van der Waals surface area contributed by atoms with Crippen LogP contribution in [-0.4, -0.2) is 33.5 Å². The minimum absolute atomic E-state index is 0.148. The van der Waals surface area contributed by atoms with Crippen molar-refractivity contribution in [2.45, 2.75) is 39.0 Å². The Morgan fingerprint density at radius 1 is 1.24 bits per heavy atom. The number of hydrogen-bond acceptors (Lipinski definition) is 4. The van der Waals surface area contributed by atoms with Gasteiger partial charge < -0.3 is 19.5 Å². The summed E-state index contributed by atoms with van der Waals surface area (Å²) < 4.78 is 16.0. The largest absolute Gasteiger partial charge is 0.493 e. The fourth-order valence-electron chi connectivity index (χ4n) is 2.95. The average Bonchev–Trinajstić information content (AvgIpc) is 2.45. The summed E-state index contributed by atoms with van der Waals surface area (Å²) in [6.07, 6.45) is 1.36. The lowest BCUT2D eigenvalue weighted by Crippen LogP contribution is -2.60. The molecular weight excluding hydrogens is 290 g/mol. The molecule has 1 aromatic rings. The van der Waals surface area contributed by atoms with E-state index in [9.17, 15) is 0 Å². The Kier molecular flexibility index (Phi) is 5.02. The van der Waals surface area contributed by atoms with Crippen LogP contribution in [0.3, 0.4) is 0 Å². The Labute approximate surface area is 131 Å². The normalized spacial score (nSPS) is 23.5. The van der Waals surface area contributed by atoms with Gasteiger partial charge in [-0.2, -0.15) is 0 Å². The number of benzene rings is 1. The van der Waals surface area contributed by atoms with Crippen LogP contribution >= 0.6 is 11.6 Å². The van der Waals surface area contributed by atoms with Crippen molar-refractivity contribution in [2.24, 2.45) is 5.41 Å². The Balaban J connectivity index is 2.03. The summed E-state index contributed by atoms with van der Waals surface area (Å²) in [5.74, 6) is 1.23. The third kappa shape index (κ3) is 3.12. The van der Waals surface area contributed by atoms with Crippen molar-refractivity contribution in [3.8, 4) is 11.5 Å². The molecule has 21 heavy (non-hydrogen) atoms. The number of ether oxygens (including phenoxy) is 3. The molecule has 2 atom stereocenters. The van der Waals surface area contributed by atoms with Gasteiger partial charge in [-0.3, -0.25) is 0 Å². The molecule has 0 bridgehead atoms. The fraction of sp³-hybridized carbons (Fsp3) is 0.625. The zero-order valence-electron chi connectivity index (χ0n) is 13.3. The van der Waals surface area contributed by atoms with Gasteiger partial charge in [0.05, 0.1) is 25.3 Å². The number of hydrogen-bond donors (Lipinski definition) is 1. The van der Waals surface area contributed by atoms with Gasteiger partial charge >= 0.3 is 0 Å². The minimum atomic E-state index is 0.148. The Bertz CT molecular complexity index is 505. The molecule has 1 saturated carbocycles. The molecule has 0 heterocycles. The van der Waals surface area contributed by atoms with E-state index in [4.69, 9.17) is 25.8 Å². The maximum atomic E-state index is 6.23. The molecule has 0 saturated heterocycles. The predicted molar refractivity (Wildman–Crippen MR) is 84.4 cm³/mol. The molecule has 0 spiro atoms. The monoisotopic (exact) mass is 313 g/mol. The van der Waals surface area contributed by atoms with Crippen LogP contribution in [0, 0.1) is 5.41 Å². The SMILES string of the molecule is COc1cc(CNC2CC(OC)C2(C)C)cc(Cl)c1OC. The van der Waals surface area contributed by atoms with E-state index in [2.05, 4.69) is 19.2 Å². The lowest BCUT2D eigenvalue weighted by molar-refractivity contribution is -0.0979. The van der Waals surface area contributed by atoms with Gasteiger partial charge in [-0.25, -0.2) is 0 Å². The van der Waals surface area contributed by atoms with E-state index in [0.29, 0.717) is 28.7 Å². The molecule has 1 aromatic carbocycles. The molecule has 0 aliphatic heterocycles. The first kappa shape index (κ1) is 16.4. The van der Waals surface area contributed by atoms with Crippen molar-refractivity contribution in [2.75, 3.05) is 21.3 Å². The standard InChI is InChI=1S/C16H24ClNO3/c1-16(2)13(8-14(16)20-4)18-9-10-6-11(17)15(21-5)12(7-10)19-3/h6-7,13-14,18H,8-9H2,1-5H3. The van der Waals surface area contributed by atoms with Gasteiger partial charge in [-0.15, -0.1) is 0 Å². The summed E-state index contributed by atoms with van der Waals surface area (Å²) in [5, 5.41) is 4.14. The van der Waals surface area contributed by atoms with Crippen molar-refractivity contribution in [1.29, 1.82) is 0 Å². The van der Waals surface area contributed by atoms with Crippen molar-refractivity contribution >= 4 is 11.6 Å². The van der Waals surface area contributed by atoms with Gasteiger partial charge in [0.15, 0.2) is 11.5 Å². The molecule has 1 aliphatic rings. The zero-order chi connectivity index (χ0) is 15.6. The lowest BCUT2D eigenvalue weighted by atomic mass is 9.64. The summed E-state index contributed by atoms with van der Waals surface area (Å²) in [6.45, 7) is 5.19. The highest BCUT2D eigenvalue weighted by Crippen LogP contribution is 2.42. The summed E-state index contributed by atoms with van der Waals surface area (Å²) in [6, 6.07) is 4.31. The number of rotatable bonds is 6. The fourth-order valence-corrected chi connectivity index (χ4v) is 3.26. The van der Waals surface area contributed by atoms with Gasteiger partial charge in [-0.1, -0.05) is 25.4 Å². The maximum absolute atomic E-state index is 6.23. The molecule has 0 radical (unpaired) electrons. The third-order valence-electron chi connectivity index (χ3n) is 4.51. The number of nitrogens with one attached hydrogen (secondary N) is 1. The maximum Gasteiger partial charge on any atom is 0.179 e. The molecule has 1 fully saturated rings. The van der Waals surface area contributed by atoms with E-state index < -0.39 is 0 Å². The lowest BCUT2D eigenvalue weighted by Gasteiger charge is -2.51. The second-order valence-electron chi connectivity index (χ2n) is 6.03. The smallest absolute Gasteiger partial charge is 0.179 e. The first-order valence-corrected chi connectivity index (χ1v) is 7.48. The van der Waals surface area contributed by atoms with Crippen LogP contribution in [0.2, 0.25) is 5.02 Å². The van der Waals surface area contributed by atoms with E-state index in [1.165, 1.54) is 0 Å². The van der Waals surface area contributed by atoms with Crippen LogP contribution in [0.5, 0.6) is 11.5 Å². The highest BCUT2D eigenvalue weighted by atomic mass is 35.5. The van der Waals surface area contributed by atoms with Gasteiger partial charge in [0.1, 0.15) is 0 Å². The molecule has 2 rings (SSSR count). The molecule has 1 N–H and O–H groups in total. The van der Waals surface area contributed by atoms with Crippen LogP contribution in [0.4, 0.5) is 0 Å². The average molecular weight is 314 g/mol. The molecule has 4 nitrogen and oxygen atoms in total. The minimum Gasteiger partial charge on any atom is -0.493 e. The van der Waals surface area contributed by atoms with Crippen molar-refractivity contribution in [1.82, 2.24) is 5.32 Å². The highest BCUT2D eigenvalue weighted by Gasteiger charge is 2.48. The van der Waals surface area contributed by atoms with Crippen LogP contribution in [0.15, 0.2) is 12.1 Å². The van der Waals surface area contributed by atoms with Crippen LogP contribution in [-0.2, 0) is 11.3 Å². The highest BCUT2D eigenvalue weighted by molar-refractivity contribution is 6.32. The van der Waals surface area contributed by atoms with Crippen molar-refractivity contribution in [3.63, 3.8) is 0 Å². The summed E-state index contributed by atoms with van der Waals surface area (Å²) >= 11 is 6.23. The Morgan fingerprint density at radius 2 is 1.95 bits per heavy atom. The van der Waals surface area contributed by atoms with Gasteiger partial charge in [0, 0.05) is 25.1 Å². The summed E-state index contributed by atoms with van der Waals surface area (Å²) in [4.78, 5) is 0. The van der Waals surface area contributed by atoms with Gasteiger partial charge in [0.2, 0.25) is 0 Å².